The first-order valence-electron chi connectivity index (χ1n) is 8.48. The molecule has 3 rings (SSSR count). The summed E-state index contributed by atoms with van der Waals surface area (Å²) < 4.78 is 10.7. The monoisotopic (exact) mass is 350 g/mol. The van der Waals surface area contributed by atoms with Crippen LogP contribution in [0.5, 0.6) is 0 Å². The van der Waals surface area contributed by atoms with Crippen molar-refractivity contribution in [1.29, 1.82) is 0 Å². The number of hydrogen-bond acceptors (Lipinski definition) is 4. The lowest BCUT2D eigenvalue weighted by atomic mass is 10.1. The molecule has 0 aliphatic heterocycles. The number of carbonyl (C=O) groups excluding carboxylic acids is 1. The molecule has 0 aliphatic rings. The summed E-state index contributed by atoms with van der Waals surface area (Å²) in [5.74, 6) is 0.768. The van der Waals surface area contributed by atoms with E-state index in [0.717, 1.165) is 16.8 Å². The highest BCUT2D eigenvalue weighted by Crippen LogP contribution is 2.17. The zero-order chi connectivity index (χ0) is 18.4. The Morgan fingerprint density at radius 2 is 2.00 bits per heavy atom. The van der Waals surface area contributed by atoms with Crippen molar-refractivity contribution in [2.75, 3.05) is 7.11 Å². The number of pyridine rings is 1. The van der Waals surface area contributed by atoms with Crippen LogP contribution in [0.25, 0.3) is 0 Å². The number of ether oxygens (including phenoxy) is 1. The van der Waals surface area contributed by atoms with Gasteiger partial charge in [0.1, 0.15) is 12.4 Å². The fourth-order valence-corrected chi connectivity index (χ4v) is 2.79. The lowest BCUT2D eigenvalue weighted by Gasteiger charge is -2.21. The quantitative estimate of drug-likeness (QED) is 0.647. The highest BCUT2D eigenvalue weighted by atomic mass is 16.5. The minimum absolute atomic E-state index is 0.167. The van der Waals surface area contributed by atoms with Gasteiger partial charge in [-0.25, -0.2) is 0 Å². The summed E-state index contributed by atoms with van der Waals surface area (Å²) in [5.41, 5.74) is 3.06. The molecule has 0 spiro atoms. The lowest BCUT2D eigenvalue weighted by Crippen LogP contribution is -2.30. The van der Waals surface area contributed by atoms with Crippen molar-refractivity contribution >= 4 is 5.91 Å². The molecule has 0 saturated carbocycles. The van der Waals surface area contributed by atoms with E-state index in [0.29, 0.717) is 31.2 Å². The number of rotatable bonds is 7. The summed E-state index contributed by atoms with van der Waals surface area (Å²) in [5, 5.41) is 0. The van der Waals surface area contributed by atoms with Gasteiger partial charge in [0, 0.05) is 19.9 Å². The molecule has 26 heavy (non-hydrogen) atoms. The molecule has 1 aromatic carbocycles. The van der Waals surface area contributed by atoms with Gasteiger partial charge >= 0.3 is 0 Å². The van der Waals surface area contributed by atoms with E-state index < -0.39 is 0 Å². The van der Waals surface area contributed by atoms with E-state index in [1.807, 2.05) is 43.3 Å². The Hall–Kier alpha value is -2.92. The van der Waals surface area contributed by atoms with E-state index in [2.05, 4.69) is 11.1 Å². The van der Waals surface area contributed by atoms with Gasteiger partial charge in [0.05, 0.1) is 12.2 Å². The van der Waals surface area contributed by atoms with Gasteiger partial charge in [-0.3, -0.25) is 9.78 Å². The molecule has 134 valence electrons. The van der Waals surface area contributed by atoms with Gasteiger partial charge in [-0.1, -0.05) is 35.9 Å². The van der Waals surface area contributed by atoms with Crippen molar-refractivity contribution in [3.63, 3.8) is 0 Å². The van der Waals surface area contributed by atoms with Gasteiger partial charge in [-0.05, 0) is 36.8 Å². The van der Waals surface area contributed by atoms with Crippen LogP contribution in [0.1, 0.15) is 33.1 Å². The Balaban J connectivity index is 1.84. The highest BCUT2D eigenvalue weighted by molar-refractivity contribution is 5.91. The number of hydrogen-bond donors (Lipinski definition) is 0. The van der Waals surface area contributed by atoms with Gasteiger partial charge < -0.3 is 14.1 Å². The molecule has 0 unspecified atom stereocenters. The summed E-state index contributed by atoms with van der Waals surface area (Å²) >= 11 is 0. The average Bonchev–Trinajstić information content (AvgIpc) is 3.10. The van der Waals surface area contributed by atoms with Gasteiger partial charge in [-0.2, -0.15) is 0 Å². The van der Waals surface area contributed by atoms with E-state index in [4.69, 9.17) is 9.15 Å². The van der Waals surface area contributed by atoms with Crippen molar-refractivity contribution in [2.45, 2.75) is 26.6 Å². The molecule has 0 aliphatic carbocycles. The second-order valence-corrected chi connectivity index (χ2v) is 6.17. The molecule has 0 saturated heterocycles. The standard InChI is InChI=1S/C21H22N2O3/c1-16-6-5-7-17(12-16)13-23(14-18-8-3-4-11-22-18)21(24)20-10-9-19(26-20)15-25-2/h3-12H,13-15H2,1-2H3. The molecule has 0 fully saturated rings. The summed E-state index contributed by atoms with van der Waals surface area (Å²) in [4.78, 5) is 19.1. The van der Waals surface area contributed by atoms with Crippen LogP contribution < -0.4 is 0 Å². The van der Waals surface area contributed by atoms with Crippen molar-refractivity contribution < 1.29 is 13.9 Å². The van der Waals surface area contributed by atoms with Crippen LogP contribution in [0.2, 0.25) is 0 Å². The Morgan fingerprint density at radius 3 is 2.73 bits per heavy atom. The van der Waals surface area contributed by atoms with E-state index in [1.54, 1.807) is 30.3 Å². The minimum Gasteiger partial charge on any atom is -0.453 e. The van der Waals surface area contributed by atoms with Crippen molar-refractivity contribution in [3.05, 3.63) is 89.1 Å². The Kier molecular flexibility index (Phi) is 5.81. The van der Waals surface area contributed by atoms with E-state index in [1.165, 1.54) is 0 Å². The largest absolute Gasteiger partial charge is 0.453 e. The topological polar surface area (TPSA) is 55.6 Å². The lowest BCUT2D eigenvalue weighted by molar-refractivity contribution is 0.0687. The SMILES string of the molecule is COCc1ccc(C(=O)N(Cc2cccc(C)c2)Cc2ccccn2)o1. The fourth-order valence-electron chi connectivity index (χ4n) is 2.79. The van der Waals surface area contributed by atoms with Crippen LogP contribution >= 0.6 is 0 Å². The summed E-state index contributed by atoms with van der Waals surface area (Å²) in [6.45, 7) is 3.27. The molecule has 3 aromatic rings. The van der Waals surface area contributed by atoms with Crippen LogP contribution in [0.3, 0.4) is 0 Å². The van der Waals surface area contributed by atoms with E-state index >= 15 is 0 Å². The molecule has 5 heteroatoms. The molecule has 0 atom stereocenters. The number of furan rings is 1. The number of benzene rings is 1. The minimum atomic E-state index is -0.167. The maximum atomic E-state index is 13.0. The third-order valence-electron chi connectivity index (χ3n) is 3.98. The third kappa shape index (κ3) is 4.58. The predicted octanol–water partition coefficient (Wildman–Crippen LogP) is 3.97. The first kappa shape index (κ1) is 17.9. The first-order chi connectivity index (χ1) is 12.7. The maximum Gasteiger partial charge on any atom is 0.290 e. The molecule has 2 heterocycles. The molecular weight excluding hydrogens is 328 g/mol. The number of carbonyl (C=O) groups is 1. The molecule has 5 nitrogen and oxygen atoms in total. The second kappa shape index (κ2) is 8.45. The van der Waals surface area contributed by atoms with Crippen LogP contribution in [0, 0.1) is 6.92 Å². The zero-order valence-electron chi connectivity index (χ0n) is 15.0. The zero-order valence-corrected chi connectivity index (χ0v) is 15.0. The summed E-state index contributed by atoms with van der Waals surface area (Å²) in [7, 11) is 1.59. The van der Waals surface area contributed by atoms with Crippen molar-refractivity contribution in [3.8, 4) is 0 Å². The second-order valence-electron chi connectivity index (χ2n) is 6.17. The summed E-state index contributed by atoms with van der Waals surface area (Å²) in [6, 6.07) is 17.3. The molecule has 2 aromatic heterocycles. The third-order valence-corrected chi connectivity index (χ3v) is 3.98. The normalized spacial score (nSPS) is 10.7. The first-order valence-corrected chi connectivity index (χ1v) is 8.48. The van der Waals surface area contributed by atoms with Crippen LogP contribution in [-0.4, -0.2) is 22.9 Å². The van der Waals surface area contributed by atoms with E-state index in [9.17, 15) is 4.79 Å². The number of nitrogens with zero attached hydrogens (tertiary/aromatic N) is 2. The fraction of sp³-hybridized carbons (Fsp3) is 0.238. The molecule has 1 amide bonds. The van der Waals surface area contributed by atoms with Crippen LogP contribution in [0.15, 0.2) is 65.2 Å². The molecular formula is C21H22N2O3. The number of amides is 1. The van der Waals surface area contributed by atoms with Crippen LogP contribution in [0.4, 0.5) is 0 Å². The van der Waals surface area contributed by atoms with Gasteiger partial charge in [-0.15, -0.1) is 0 Å². The molecule has 0 N–H and O–H groups in total. The summed E-state index contributed by atoms with van der Waals surface area (Å²) in [6.07, 6.45) is 1.73. The van der Waals surface area contributed by atoms with Crippen LogP contribution in [-0.2, 0) is 24.4 Å². The molecule has 0 bridgehead atoms. The smallest absolute Gasteiger partial charge is 0.290 e. The van der Waals surface area contributed by atoms with Crippen molar-refractivity contribution in [2.24, 2.45) is 0 Å². The Labute approximate surface area is 153 Å². The number of aromatic nitrogens is 1. The number of methoxy groups -OCH3 is 1. The van der Waals surface area contributed by atoms with Gasteiger partial charge in [0.25, 0.3) is 5.91 Å². The molecule has 0 radical (unpaired) electrons. The Morgan fingerprint density at radius 1 is 1.12 bits per heavy atom. The Bertz CT molecular complexity index is 858. The number of aryl methyl sites for hydroxylation is 1. The predicted molar refractivity (Wildman–Crippen MR) is 98.4 cm³/mol. The highest BCUT2D eigenvalue weighted by Gasteiger charge is 2.20. The average molecular weight is 350 g/mol. The van der Waals surface area contributed by atoms with Crippen molar-refractivity contribution in [1.82, 2.24) is 9.88 Å². The van der Waals surface area contributed by atoms with E-state index in [-0.39, 0.29) is 5.91 Å². The van der Waals surface area contributed by atoms with Gasteiger partial charge in [0.15, 0.2) is 5.76 Å². The van der Waals surface area contributed by atoms with Gasteiger partial charge in [0.2, 0.25) is 0 Å². The maximum absolute atomic E-state index is 13.0.